The van der Waals surface area contributed by atoms with Crippen molar-refractivity contribution >= 4 is 11.9 Å². The van der Waals surface area contributed by atoms with Crippen molar-refractivity contribution in [2.45, 2.75) is 38.3 Å². The van der Waals surface area contributed by atoms with Gasteiger partial charge in [-0.15, -0.1) is 0 Å². The van der Waals surface area contributed by atoms with E-state index in [1.807, 2.05) is 11.8 Å². The van der Waals surface area contributed by atoms with Gasteiger partial charge in [0.1, 0.15) is 0 Å². The molecule has 6 nitrogen and oxygen atoms in total. The fraction of sp³-hybridized carbons (Fsp3) is 0.857. The Bertz CT molecular complexity index is 353. The van der Waals surface area contributed by atoms with E-state index in [9.17, 15) is 9.59 Å². The third-order valence-electron chi connectivity index (χ3n) is 4.15. The van der Waals surface area contributed by atoms with Crippen molar-refractivity contribution in [1.82, 2.24) is 10.2 Å². The van der Waals surface area contributed by atoms with Crippen molar-refractivity contribution in [3.05, 3.63) is 0 Å². The summed E-state index contributed by atoms with van der Waals surface area (Å²) in [5, 5.41) is 3.20. The van der Waals surface area contributed by atoms with Crippen molar-refractivity contribution < 1.29 is 19.1 Å². The van der Waals surface area contributed by atoms with Gasteiger partial charge < -0.3 is 19.7 Å². The van der Waals surface area contributed by atoms with Crippen LogP contribution in [0.3, 0.4) is 0 Å². The first kappa shape index (κ1) is 15.3. The molecule has 2 aliphatic heterocycles. The van der Waals surface area contributed by atoms with Gasteiger partial charge in [0, 0.05) is 26.7 Å². The van der Waals surface area contributed by atoms with Crippen molar-refractivity contribution in [2.24, 2.45) is 5.92 Å². The third-order valence-corrected chi connectivity index (χ3v) is 4.15. The van der Waals surface area contributed by atoms with E-state index in [1.54, 1.807) is 7.11 Å². The summed E-state index contributed by atoms with van der Waals surface area (Å²) in [6.07, 6.45) is 2.25. The van der Waals surface area contributed by atoms with Crippen molar-refractivity contribution in [3.63, 3.8) is 0 Å². The second-order valence-corrected chi connectivity index (χ2v) is 5.41. The number of nitrogens with one attached hydrogen (secondary N) is 1. The van der Waals surface area contributed by atoms with Gasteiger partial charge in [0.15, 0.2) is 0 Å². The molecule has 2 unspecified atom stereocenters. The van der Waals surface area contributed by atoms with Gasteiger partial charge in [-0.3, -0.25) is 9.59 Å². The van der Waals surface area contributed by atoms with Crippen LogP contribution in [0.25, 0.3) is 0 Å². The molecule has 0 aromatic carbocycles. The van der Waals surface area contributed by atoms with Crippen molar-refractivity contribution in [2.75, 3.05) is 33.4 Å². The van der Waals surface area contributed by atoms with Crippen molar-refractivity contribution in [1.29, 1.82) is 0 Å². The predicted molar refractivity (Wildman–Crippen MR) is 73.1 cm³/mol. The SMILES string of the molecule is CCOC(=O)C1CCN(C(=O)C2CC(OC)CN2)CC1. The number of carbonyl (C=O) groups excluding carboxylic acids is 2. The number of nitrogens with zero attached hydrogens (tertiary/aromatic N) is 1. The van der Waals surface area contributed by atoms with Crippen LogP contribution in [0.1, 0.15) is 26.2 Å². The lowest BCUT2D eigenvalue weighted by molar-refractivity contribution is -0.151. The third kappa shape index (κ3) is 3.49. The highest BCUT2D eigenvalue weighted by Gasteiger charge is 2.35. The molecule has 0 bridgehead atoms. The summed E-state index contributed by atoms with van der Waals surface area (Å²) in [7, 11) is 1.67. The van der Waals surface area contributed by atoms with Crippen LogP contribution in [0.5, 0.6) is 0 Å². The number of rotatable bonds is 4. The quantitative estimate of drug-likeness (QED) is 0.745. The zero-order valence-corrected chi connectivity index (χ0v) is 12.3. The lowest BCUT2D eigenvalue weighted by Crippen LogP contribution is -2.47. The molecule has 6 heteroatoms. The lowest BCUT2D eigenvalue weighted by Gasteiger charge is -2.32. The minimum Gasteiger partial charge on any atom is -0.466 e. The van der Waals surface area contributed by atoms with E-state index in [2.05, 4.69) is 5.32 Å². The van der Waals surface area contributed by atoms with E-state index in [0.717, 1.165) is 13.0 Å². The monoisotopic (exact) mass is 284 g/mol. The topological polar surface area (TPSA) is 67.9 Å². The largest absolute Gasteiger partial charge is 0.466 e. The van der Waals surface area contributed by atoms with Gasteiger partial charge in [-0.2, -0.15) is 0 Å². The molecule has 0 saturated carbocycles. The second kappa shape index (κ2) is 7.04. The highest BCUT2D eigenvalue weighted by atomic mass is 16.5. The molecule has 0 aliphatic carbocycles. The predicted octanol–water partition coefficient (Wildman–Crippen LogP) is 0.165. The summed E-state index contributed by atoms with van der Waals surface area (Å²) >= 11 is 0. The summed E-state index contributed by atoms with van der Waals surface area (Å²) in [4.78, 5) is 25.9. The highest BCUT2D eigenvalue weighted by Crippen LogP contribution is 2.21. The molecule has 1 N–H and O–H groups in total. The highest BCUT2D eigenvalue weighted by molar-refractivity contribution is 5.82. The maximum absolute atomic E-state index is 12.4. The van der Waals surface area contributed by atoms with Crippen LogP contribution in [0.2, 0.25) is 0 Å². The first-order chi connectivity index (χ1) is 9.65. The van der Waals surface area contributed by atoms with Crippen molar-refractivity contribution in [3.8, 4) is 0 Å². The Morgan fingerprint density at radius 3 is 2.55 bits per heavy atom. The first-order valence-corrected chi connectivity index (χ1v) is 7.37. The molecule has 0 spiro atoms. The Balaban J connectivity index is 1.79. The minimum atomic E-state index is -0.140. The molecular formula is C14H24N2O4. The molecule has 0 aromatic rings. The summed E-state index contributed by atoms with van der Waals surface area (Å²) in [5.41, 5.74) is 0. The maximum Gasteiger partial charge on any atom is 0.309 e. The average Bonchev–Trinajstić information content (AvgIpc) is 2.96. The van der Waals surface area contributed by atoms with E-state index in [4.69, 9.17) is 9.47 Å². The number of ether oxygens (including phenoxy) is 2. The van der Waals surface area contributed by atoms with Crippen LogP contribution in [0.15, 0.2) is 0 Å². The molecule has 0 aromatic heterocycles. The normalized spacial score (nSPS) is 27.6. The van der Waals surface area contributed by atoms with Gasteiger partial charge in [-0.1, -0.05) is 0 Å². The molecule has 2 atom stereocenters. The van der Waals surface area contributed by atoms with Gasteiger partial charge in [-0.25, -0.2) is 0 Å². The maximum atomic E-state index is 12.4. The number of amides is 1. The molecule has 2 saturated heterocycles. The molecule has 0 radical (unpaired) electrons. The summed E-state index contributed by atoms with van der Waals surface area (Å²) in [6, 6.07) is -0.140. The summed E-state index contributed by atoms with van der Waals surface area (Å²) in [6.45, 7) is 4.24. The Morgan fingerprint density at radius 2 is 2.00 bits per heavy atom. The number of piperidine rings is 1. The van der Waals surface area contributed by atoms with E-state index in [-0.39, 0.29) is 29.9 Å². The molecule has 114 valence electrons. The van der Waals surface area contributed by atoms with Crippen LogP contribution >= 0.6 is 0 Å². The Hall–Kier alpha value is -1.14. The molecular weight excluding hydrogens is 260 g/mol. The first-order valence-electron chi connectivity index (χ1n) is 7.37. The van der Waals surface area contributed by atoms with Gasteiger partial charge >= 0.3 is 5.97 Å². The zero-order chi connectivity index (χ0) is 14.5. The van der Waals surface area contributed by atoms with Gasteiger partial charge in [0.25, 0.3) is 0 Å². The number of hydrogen-bond acceptors (Lipinski definition) is 5. The summed E-state index contributed by atoms with van der Waals surface area (Å²) in [5.74, 6) is -0.0489. The fourth-order valence-electron chi connectivity index (χ4n) is 2.89. The molecule has 1 amide bonds. The molecule has 2 rings (SSSR count). The van der Waals surface area contributed by atoms with Crippen LogP contribution in [0.4, 0.5) is 0 Å². The van der Waals surface area contributed by atoms with Crippen LogP contribution < -0.4 is 5.32 Å². The molecule has 2 aliphatic rings. The van der Waals surface area contributed by atoms with E-state index in [0.29, 0.717) is 32.5 Å². The van der Waals surface area contributed by atoms with E-state index < -0.39 is 0 Å². The van der Waals surface area contributed by atoms with E-state index >= 15 is 0 Å². The Labute approximate surface area is 119 Å². The number of carbonyl (C=O) groups is 2. The van der Waals surface area contributed by atoms with Gasteiger partial charge in [0.05, 0.1) is 24.7 Å². The zero-order valence-electron chi connectivity index (χ0n) is 12.3. The minimum absolute atomic E-state index is 0.0535. The average molecular weight is 284 g/mol. The molecule has 2 heterocycles. The number of hydrogen-bond donors (Lipinski definition) is 1. The van der Waals surface area contributed by atoms with Crippen LogP contribution in [-0.2, 0) is 19.1 Å². The standard InChI is InChI=1S/C14H24N2O4/c1-3-20-14(18)10-4-6-16(7-5-10)13(17)12-8-11(19-2)9-15-12/h10-12,15H,3-9H2,1-2H3. The molecule has 20 heavy (non-hydrogen) atoms. The summed E-state index contributed by atoms with van der Waals surface area (Å²) < 4.78 is 10.3. The lowest BCUT2D eigenvalue weighted by atomic mass is 9.96. The van der Waals surface area contributed by atoms with Gasteiger partial charge in [-0.05, 0) is 26.2 Å². The fourth-order valence-corrected chi connectivity index (χ4v) is 2.89. The number of likely N-dealkylation sites (tertiary alicyclic amines) is 1. The second-order valence-electron chi connectivity index (χ2n) is 5.41. The number of methoxy groups -OCH3 is 1. The van der Waals surface area contributed by atoms with Crippen LogP contribution in [-0.4, -0.2) is 62.3 Å². The smallest absolute Gasteiger partial charge is 0.309 e. The van der Waals surface area contributed by atoms with Crippen LogP contribution in [0, 0.1) is 5.92 Å². The van der Waals surface area contributed by atoms with E-state index in [1.165, 1.54) is 0 Å². The molecule has 2 fully saturated rings. The Kier molecular flexibility index (Phi) is 5.37. The Morgan fingerprint density at radius 1 is 1.30 bits per heavy atom. The number of esters is 1. The van der Waals surface area contributed by atoms with Gasteiger partial charge in [0.2, 0.25) is 5.91 Å².